The molecule has 196 valence electrons. The van der Waals surface area contributed by atoms with Crippen LogP contribution in [0, 0.1) is 26.7 Å². The van der Waals surface area contributed by atoms with Gasteiger partial charge in [0, 0.05) is 7.05 Å². The second-order valence-corrected chi connectivity index (χ2v) is 10.9. The van der Waals surface area contributed by atoms with E-state index in [9.17, 15) is 14.4 Å². The molecule has 2 N–H and O–H groups in total. The SMILES string of the molecule is Cc1ccc(C(C(=O)Nc2c(C)cccc2Cl)N(C)C(=O)C(NC(=O)OC(C)(C)C)C(C)C)c(C)c1. The van der Waals surface area contributed by atoms with Gasteiger partial charge in [0.1, 0.15) is 17.7 Å². The molecule has 2 unspecified atom stereocenters. The first-order valence-electron chi connectivity index (χ1n) is 12.0. The number of hydrogen-bond donors (Lipinski definition) is 2. The number of nitrogens with one attached hydrogen (secondary N) is 2. The molecule has 0 spiro atoms. The van der Waals surface area contributed by atoms with Gasteiger partial charge in [0.15, 0.2) is 0 Å². The Morgan fingerprint density at radius 3 is 2.17 bits per heavy atom. The maximum Gasteiger partial charge on any atom is 0.408 e. The number of carbonyl (C=O) groups is 3. The highest BCUT2D eigenvalue weighted by Crippen LogP contribution is 2.30. The number of likely N-dealkylation sites (N-methyl/N-ethyl adjacent to an activating group) is 1. The van der Waals surface area contributed by atoms with E-state index in [0.717, 1.165) is 16.7 Å². The van der Waals surface area contributed by atoms with Crippen LogP contribution in [0.15, 0.2) is 36.4 Å². The molecule has 0 bridgehead atoms. The number of hydrogen-bond acceptors (Lipinski definition) is 4. The van der Waals surface area contributed by atoms with Gasteiger partial charge < -0.3 is 20.3 Å². The molecule has 0 aliphatic rings. The molecule has 2 rings (SSSR count). The zero-order chi connectivity index (χ0) is 27.4. The normalized spacial score (nSPS) is 13.1. The van der Waals surface area contributed by atoms with Crippen LogP contribution >= 0.6 is 11.6 Å². The highest BCUT2D eigenvalue weighted by atomic mass is 35.5. The highest BCUT2D eigenvalue weighted by molar-refractivity contribution is 6.34. The molecule has 0 saturated carbocycles. The number of rotatable bonds is 7. The van der Waals surface area contributed by atoms with Crippen LogP contribution in [0.2, 0.25) is 5.02 Å². The van der Waals surface area contributed by atoms with Crippen LogP contribution in [0.5, 0.6) is 0 Å². The van der Waals surface area contributed by atoms with E-state index in [4.69, 9.17) is 16.3 Å². The minimum absolute atomic E-state index is 0.249. The van der Waals surface area contributed by atoms with Crippen molar-refractivity contribution in [2.24, 2.45) is 5.92 Å². The van der Waals surface area contributed by atoms with Crippen LogP contribution in [0.4, 0.5) is 10.5 Å². The van der Waals surface area contributed by atoms with Crippen LogP contribution < -0.4 is 10.6 Å². The number of anilines is 1. The number of carbonyl (C=O) groups excluding carboxylic acids is 3. The lowest BCUT2D eigenvalue weighted by Gasteiger charge is -2.33. The van der Waals surface area contributed by atoms with Gasteiger partial charge in [-0.25, -0.2) is 4.79 Å². The summed E-state index contributed by atoms with van der Waals surface area (Å²) in [5, 5.41) is 6.01. The van der Waals surface area contributed by atoms with E-state index >= 15 is 0 Å². The standard InChI is InChI=1S/C28H38ClN3O4/c1-16(2)22(31-27(35)36-28(6,7)8)26(34)32(9)24(20-14-13-17(3)15-19(20)5)25(33)30-23-18(4)11-10-12-21(23)29/h10-16,22,24H,1-9H3,(H,30,33)(H,31,35). The quantitative estimate of drug-likeness (QED) is 0.476. The second kappa shape index (κ2) is 11.8. The fourth-order valence-corrected chi connectivity index (χ4v) is 4.20. The first-order chi connectivity index (χ1) is 16.6. The van der Waals surface area contributed by atoms with Gasteiger partial charge in [-0.15, -0.1) is 0 Å². The number of benzene rings is 2. The molecule has 0 aliphatic heterocycles. The van der Waals surface area contributed by atoms with Gasteiger partial charge in [-0.1, -0.05) is 61.3 Å². The smallest absolute Gasteiger partial charge is 0.408 e. The van der Waals surface area contributed by atoms with E-state index < -0.39 is 35.6 Å². The lowest BCUT2D eigenvalue weighted by atomic mass is 9.95. The van der Waals surface area contributed by atoms with Crippen LogP contribution in [-0.4, -0.2) is 41.5 Å². The Morgan fingerprint density at radius 1 is 1.00 bits per heavy atom. The molecule has 0 aromatic heterocycles. The van der Waals surface area contributed by atoms with E-state index in [2.05, 4.69) is 10.6 Å². The molecular formula is C28H38ClN3O4. The fraction of sp³-hybridized carbons (Fsp3) is 0.464. The second-order valence-electron chi connectivity index (χ2n) is 10.5. The van der Waals surface area contributed by atoms with E-state index in [1.807, 2.05) is 58.9 Å². The number of nitrogens with zero attached hydrogens (tertiary/aromatic N) is 1. The molecule has 3 amide bonds. The van der Waals surface area contributed by atoms with Gasteiger partial charge in [0.25, 0.3) is 5.91 Å². The highest BCUT2D eigenvalue weighted by Gasteiger charge is 2.36. The van der Waals surface area contributed by atoms with Crippen LogP contribution in [0.25, 0.3) is 0 Å². The molecule has 0 fully saturated rings. The van der Waals surface area contributed by atoms with Crippen molar-refractivity contribution in [3.8, 4) is 0 Å². The summed E-state index contributed by atoms with van der Waals surface area (Å²) in [6.07, 6.45) is -0.692. The third-order valence-electron chi connectivity index (χ3n) is 5.78. The predicted molar refractivity (Wildman–Crippen MR) is 144 cm³/mol. The lowest BCUT2D eigenvalue weighted by molar-refractivity contribution is -0.140. The summed E-state index contributed by atoms with van der Waals surface area (Å²) in [4.78, 5) is 41.3. The summed E-state index contributed by atoms with van der Waals surface area (Å²) in [5.74, 6) is -1.07. The van der Waals surface area contributed by atoms with Crippen molar-refractivity contribution >= 4 is 35.2 Å². The molecule has 7 nitrogen and oxygen atoms in total. The summed E-state index contributed by atoms with van der Waals surface area (Å²) in [6, 6.07) is 9.22. The van der Waals surface area contributed by atoms with Crippen molar-refractivity contribution in [3.05, 3.63) is 63.7 Å². The molecule has 0 radical (unpaired) electrons. The minimum atomic E-state index is -0.963. The van der Waals surface area contributed by atoms with Crippen molar-refractivity contribution in [3.63, 3.8) is 0 Å². The predicted octanol–water partition coefficient (Wildman–Crippen LogP) is 5.95. The van der Waals surface area contributed by atoms with E-state index in [1.165, 1.54) is 4.90 Å². The molecule has 0 aliphatic carbocycles. The Kier molecular flexibility index (Phi) is 9.55. The molecule has 0 heterocycles. The van der Waals surface area contributed by atoms with E-state index in [0.29, 0.717) is 16.3 Å². The van der Waals surface area contributed by atoms with Gasteiger partial charge >= 0.3 is 6.09 Å². The van der Waals surface area contributed by atoms with Crippen molar-refractivity contribution in [2.45, 2.75) is 73.1 Å². The van der Waals surface area contributed by atoms with Crippen molar-refractivity contribution in [1.29, 1.82) is 0 Å². The topological polar surface area (TPSA) is 87.7 Å². The van der Waals surface area contributed by atoms with Crippen LogP contribution in [0.3, 0.4) is 0 Å². The number of ether oxygens (including phenoxy) is 1. The Balaban J connectivity index is 2.47. The number of halogens is 1. The zero-order valence-corrected chi connectivity index (χ0v) is 23.4. The Bertz CT molecular complexity index is 1100. The average molecular weight is 516 g/mol. The third-order valence-corrected chi connectivity index (χ3v) is 6.09. The van der Waals surface area contributed by atoms with Crippen molar-refractivity contribution in [1.82, 2.24) is 10.2 Å². The lowest BCUT2D eigenvalue weighted by Crippen LogP contribution is -2.53. The maximum absolute atomic E-state index is 13.7. The van der Waals surface area contributed by atoms with Gasteiger partial charge in [0.2, 0.25) is 5.91 Å². The van der Waals surface area contributed by atoms with Gasteiger partial charge in [0.05, 0.1) is 10.7 Å². The number of amides is 3. The molecule has 36 heavy (non-hydrogen) atoms. The molecule has 2 atom stereocenters. The summed E-state index contributed by atoms with van der Waals surface area (Å²) >= 11 is 6.36. The van der Waals surface area contributed by atoms with Crippen LogP contribution in [0.1, 0.15) is 62.9 Å². The Morgan fingerprint density at radius 2 is 1.64 bits per heavy atom. The third kappa shape index (κ3) is 7.47. The fourth-order valence-electron chi connectivity index (χ4n) is 3.93. The molecule has 2 aromatic carbocycles. The van der Waals surface area contributed by atoms with Crippen LogP contribution in [-0.2, 0) is 14.3 Å². The maximum atomic E-state index is 13.7. The van der Waals surface area contributed by atoms with E-state index in [1.54, 1.807) is 40.0 Å². The van der Waals surface area contributed by atoms with E-state index in [-0.39, 0.29) is 5.92 Å². The summed E-state index contributed by atoms with van der Waals surface area (Å²) < 4.78 is 5.36. The summed E-state index contributed by atoms with van der Waals surface area (Å²) in [7, 11) is 1.57. The van der Waals surface area contributed by atoms with Gasteiger partial charge in [-0.05, 0) is 70.2 Å². The van der Waals surface area contributed by atoms with Gasteiger partial charge in [-0.3, -0.25) is 9.59 Å². The summed E-state index contributed by atoms with van der Waals surface area (Å²) in [6.45, 7) is 14.6. The monoisotopic (exact) mass is 515 g/mol. The largest absolute Gasteiger partial charge is 0.444 e. The first-order valence-corrected chi connectivity index (χ1v) is 12.4. The zero-order valence-electron chi connectivity index (χ0n) is 22.7. The Labute approximate surface area is 219 Å². The summed E-state index contributed by atoms with van der Waals surface area (Å²) in [5.41, 5.74) is 3.17. The number of para-hydroxylation sites is 1. The molecule has 2 aromatic rings. The molecular weight excluding hydrogens is 478 g/mol. The van der Waals surface area contributed by atoms with Gasteiger partial charge in [-0.2, -0.15) is 0 Å². The molecule has 8 heteroatoms. The van der Waals surface area contributed by atoms with Crippen molar-refractivity contribution < 1.29 is 19.1 Å². The first kappa shape index (κ1) is 29.2. The average Bonchev–Trinajstić information content (AvgIpc) is 2.74. The van der Waals surface area contributed by atoms with Crippen molar-refractivity contribution in [2.75, 3.05) is 12.4 Å². The molecule has 0 saturated heterocycles. The number of aryl methyl sites for hydroxylation is 3. The Hall–Kier alpha value is -3.06. The minimum Gasteiger partial charge on any atom is -0.444 e. The number of alkyl carbamates (subject to hydrolysis) is 1.